The van der Waals surface area contributed by atoms with Crippen LogP contribution in [0.25, 0.3) is 39.3 Å². The Kier molecular flexibility index (Phi) is 11.8. The fourth-order valence-electron chi connectivity index (χ4n) is 7.70. The number of nitrogens with one attached hydrogen (secondary N) is 4. The van der Waals surface area contributed by atoms with Crippen molar-refractivity contribution in [2.24, 2.45) is 0 Å². The number of aryl methyl sites for hydroxylation is 2. The molecular weight excluding hydrogens is 753 g/mol. The number of fused-ring (bicyclic) bond motifs is 8. The quantitative estimate of drug-likeness (QED) is 0.0538. The van der Waals surface area contributed by atoms with Crippen LogP contribution >= 0.6 is 0 Å². The molecule has 2 amide bonds. The highest BCUT2D eigenvalue weighted by Gasteiger charge is 2.38. The van der Waals surface area contributed by atoms with Gasteiger partial charge < -0.3 is 34.8 Å². The topological polar surface area (TPSA) is 194 Å². The Labute approximate surface area is 343 Å². The number of esters is 3. The Morgan fingerprint density at radius 2 is 1.47 bits per heavy atom. The minimum absolute atomic E-state index is 0.0921. The first-order chi connectivity index (χ1) is 27.6. The number of ether oxygens (including phenoxy) is 3. The first kappa shape index (κ1) is 42.6. The number of amides is 2. The van der Waals surface area contributed by atoms with Crippen LogP contribution in [0.15, 0.2) is 24.3 Å². The molecule has 0 saturated carbocycles. The molecule has 6 heterocycles. The van der Waals surface area contributed by atoms with Crippen molar-refractivity contribution in [3.63, 3.8) is 0 Å². The van der Waals surface area contributed by atoms with E-state index in [1.54, 1.807) is 33.8 Å². The molecule has 14 heteroatoms. The average molecular weight is 807 g/mol. The minimum atomic E-state index is -0.826. The van der Waals surface area contributed by atoms with E-state index in [-0.39, 0.29) is 42.5 Å². The highest BCUT2D eigenvalue weighted by Crippen LogP contribution is 2.44. The Morgan fingerprint density at radius 3 is 2.15 bits per heavy atom. The fraction of sp³-hybridized carbons (Fsp3) is 0.444. The number of H-pyrrole nitrogens is 2. The van der Waals surface area contributed by atoms with Gasteiger partial charge in [0, 0.05) is 65.2 Å². The van der Waals surface area contributed by atoms with Crippen molar-refractivity contribution in [1.29, 1.82) is 0 Å². The van der Waals surface area contributed by atoms with Crippen LogP contribution in [-0.4, -0.2) is 74.1 Å². The second kappa shape index (κ2) is 16.3. The highest BCUT2D eigenvalue weighted by molar-refractivity contribution is 6.18. The van der Waals surface area contributed by atoms with Gasteiger partial charge in [0.2, 0.25) is 5.91 Å². The maximum Gasteiger partial charge on any atom is 0.407 e. The second-order valence-corrected chi connectivity index (χ2v) is 17.2. The molecule has 0 aliphatic carbocycles. The van der Waals surface area contributed by atoms with Crippen LogP contribution < -0.4 is 10.6 Å². The number of carbonyl (C=O) groups excluding carboxylic acids is 5. The third kappa shape index (κ3) is 9.16. The van der Waals surface area contributed by atoms with E-state index < -0.39 is 41.1 Å². The van der Waals surface area contributed by atoms with Gasteiger partial charge in [-0.05, 0) is 122 Å². The van der Waals surface area contributed by atoms with Gasteiger partial charge in [0.25, 0.3) is 0 Å². The highest BCUT2D eigenvalue weighted by atomic mass is 16.6. The van der Waals surface area contributed by atoms with Gasteiger partial charge in [-0.1, -0.05) is 13.8 Å². The Morgan fingerprint density at radius 1 is 0.831 bits per heavy atom. The summed E-state index contributed by atoms with van der Waals surface area (Å²) in [6.45, 7) is 20.9. The number of nitrogens with zero attached hydrogens (tertiary/aromatic N) is 2. The molecule has 8 bridgehead atoms. The molecule has 4 N–H and O–H groups in total. The zero-order valence-electron chi connectivity index (χ0n) is 35.7. The standard InChI is InChI=1S/C45H54N6O8/c1-12-26-22(2)30-20-34-27(14-16-36(53)58-44(6,7)8)23(3)29(49-34)19-31-24(4)28(13-15-35(52)46-17-18-47-43(56)59-45(9,10)11)39(50-31)38-40-37(41(54)57-42(38)55)25(5)32(51-40)21-33(26)48-30/h14,16,19-21,24,28,49,51H,12-13,15,17-18H2,1-11H3,(H,46,52)(H,47,56)/b16-14+,29-19?,30-20?,31-19?,32-21?,33-21?,34-20?,39-38?/t24-,28-/m0/s1. The summed E-state index contributed by atoms with van der Waals surface area (Å²) in [4.78, 5) is 82.3. The van der Waals surface area contributed by atoms with Crippen LogP contribution in [0.4, 0.5) is 4.79 Å². The second-order valence-electron chi connectivity index (χ2n) is 17.2. The number of hydrogen-bond acceptors (Lipinski definition) is 10. The molecule has 2 atom stereocenters. The fourth-order valence-corrected chi connectivity index (χ4v) is 7.70. The van der Waals surface area contributed by atoms with Crippen LogP contribution in [0.5, 0.6) is 0 Å². The van der Waals surface area contributed by atoms with E-state index in [1.165, 1.54) is 6.08 Å². The molecule has 3 aliphatic rings. The van der Waals surface area contributed by atoms with Crippen LogP contribution in [0.1, 0.15) is 154 Å². The van der Waals surface area contributed by atoms with Gasteiger partial charge in [-0.3, -0.25) is 9.78 Å². The van der Waals surface area contributed by atoms with Crippen molar-refractivity contribution >= 4 is 69.2 Å². The van der Waals surface area contributed by atoms with Gasteiger partial charge in [0.05, 0.1) is 28.2 Å². The number of cyclic esters (lactones) is 2. The molecule has 6 rings (SSSR count). The number of rotatable bonds is 9. The van der Waals surface area contributed by atoms with Gasteiger partial charge in [-0.25, -0.2) is 24.2 Å². The number of allylic oxidation sites excluding steroid dienone is 2. The van der Waals surface area contributed by atoms with E-state index in [2.05, 4.69) is 27.5 Å². The lowest BCUT2D eigenvalue weighted by molar-refractivity contribution is -0.148. The number of aromatic amines is 2. The van der Waals surface area contributed by atoms with Crippen molar-refractivity contribution in [2.75, 3.05) is 13.1 Å². The summed E-state index contributed by atoms with van der Waals surface area (Å²) in [6, 6.07) is 5.77. The lowest BCUT2D eigenvalue weighted by Gasteiger charge is -2.20. The van der Waals surface area contributed by atoms with Gasteiger partial charge in [-0.15, -0.1) is 0 Å². The predicted octanol–water partition coefficient (Wildman–Crippen LogP) is 8.25. The first-order valence-electron chi connectivity index (χ1n) is 20.1. The molecule has 0 fully saturated rings. The van der Waals surface area contributed by atoms with E-state index in [0.29, 0.717) is 46.5 Å². The molecule has 3 aromatic rings. The molecule has 14 nitrogen and oxygen atoms in total. The smallest absolute Gasteiger partial charge is 0.407 e. The van der Waals surface area contributed by atoms with E-state index in [9.17, 15) is 24.0 Å². The van der Waals surface area contributed by atoms with Crippen LogP contribution in [0.2, 0.25) is 0 Å². The van der Waals surface area contributed by atoms with Gasteiger partial charge >= 0.3 is 24.0 Å². The Balaban J connectivity index is 1.50. The summed E-state index contributed by atoms with van der Waals surface area (Å²) in [7, 11) is 0. The number of aromatic nitrogens is 4. The summed E-state index contributed by atoms with van der Waals surface area (Å²) >= 11 is 0. The SMILES string of the molecule is CCC1=C(C)c2cc3[nH]c(cc4nc(c5c6[nH]c(cc1n2)c(C)c6C(=O)OC5=O)[C@@H](CCC(=O)NCCNC(=O)OC(C)(C)C)[C@@H]4C)c(C)c3/C=C/C(=O)OC(C)(C)C. The summed E-state index contributed by atoms with van der Waals surface area (Å²) in [5, 5.41) is 5.48. The van der Waals surface area contributed by atoms with Crippen LogP contribution in [0.3, 0.4) is 0 Å². The Hall–Kier alpha value is -6.05. The number of alkyl carbamates (subject to hydrolysis) is 1. The molecule has 0 spiro atoms. The molecule has 312 valence electrons. The summed E-state index contributed by atoms with van der Waals surface area (Å²) in [5.41, 5.74) is 8.13. The third-order valence-corrected chi connectivity index (χ3v) is 10.6. The van der Waals surface area contributed by atoms with Crippen molar-refractivity contribution in [2.45, 2.75) is 118 Å². The van der Waals surface area contributed by atoms with Gasteiger partial charge in [0.1, 0.15) is 16.8 Å². The average Bonchev–Trinajstić information content (AvgIpc) is 3.80. The molecule has 0 saturated heterocycles. The maximum atomic E-state index is 13.8. The minimum Gasteiger partial charge on any atom is -0.457 e. The number of hydrogen-bond donors (Lipinski definition) is 4. The van der Waals surface area contributed by atoms with Crippen molar-refractivity contribution in [3.05, 3.63) is 74.9 Å². The van der Waals surface area contributed by atoms with Crippen LogP contribution in [0, 0.1) is 13.8 Å². The van der Waals surface area contributed by atoms with E-state index in [1.807, 2.05) is 59.7 Å². The summed E-state index contributed by atoms with van der Waals surface area (Å²) in [5.74, 6) is -3.01. The molecule has 59 heavy (non-hydrogen) atoms. The zero-order valence-corrected chi connectivity index (χ0v) is 35.7. The molecule has 0 unspecified atom stereocenters. The van der Waals surface area contributed by atoms with Crippen molar-refractivity contribution < 1.29 is 38.2 Å². The van der Waals surface area contributed by atoms with E-state index in [4.69, 9.17) is 24.2 Å². The predicted molar refractivity (Wildman–Crippen MR) is 226 cm³/mol. The van der Waals surface area contributed by atoms with Gasteiger partial charge in [0.15, 0.2) is 0 Å². The van der Waals surface area contributed by atoms with E-state index in [0.717, 1.165) is 39.0 Å². The first-order valence-corrected chi connectivity index (χ1v) is 20.1. The molecule has 3 aromatic heterocycles. The summed E-state index contributed by atoms with van der Waals surface area (Å²) in [6.07, 6.45) is 3.67. The van der Waals surface area contributed by atoms with Crippen molar-refractivity contribution in [1.82, 2.24) is 30.6 Å². The molecule has 3 aliphatic heterocycles. The molecular formula is C45H54N6O8. The number of carbonyl (C=O) groups is 5. The lowest BCUT2D eigenvalue weighted by atomic mass is 9.85. The largest absolute Gasteiger partial charge is 0.457 e. The normalized spacial score (nSPS) is 16.7. The lowest BCUT2D eigenvalue weighted by Crippen LogP contribution is -2.37. The maximum absolute atomic E-state index is 13.8. The molecule has 0 radical (unpaired) electrons. The monoisotopic (exact) mass is 806 g/mol. The van der Waals surface area contributed by atoms with Crippen LogP contribution in [-0.2, 0) is 23.8 Å². The summed E-state index contributed by atoms with van der Waals surface area (Å²) < 4.78 is 16.2. The van der Waals surface area contributed by atoms with E-state index >= 15 is 0 Å². The molecule has 0 aromatic carbocycles. The third-order valence-electron chi connectivity index (χ3n) is 10.6. The van der Waals surface area contributed by atoms with Gasteiger partial charge in [-0.2, -0.15) is 0 Å². The zero-order chi connectivity index (χ0) is 43.1. The Bertz CT molecular complexity index is 2490. The van der Waals surface area contributed by atoms with Crippen molar-refractivity contribution in [3.8, 4) is 0 Å².